The van der Waals surface area contributed by atoms with Gasteiger partial charge in [0.25, 0.3) is 11.5 Å². The van der Waals surface area contributed by atoms with Crippen molar-refractivity contribution in [2.75, 3.05) is 0 Å². The maximum atomic E-state index is 12.3. The number of carbonyl (C=O) groups excluding carboxylic acids is 1. The zero-order chi connectivity index (χ0) is 18.0. The predicted octanol–water partition coefficient (Wildman–Crippen LogP) is -1.02. The maximum absolute atomic E-state index is 12.3. The molecule has 0 saturated carbocycles. The summed E-state index contributed by atoms with van der Waals surface area (Å²) in [5.74, 6) is -0.430. The molecule has 0 aliphatic rings. The van der Waals surface area contributed by atoms with Crippen molar-refractivity contribution in [3.63, 3.8) is 0 Å². The third kappa shape index (κ3) is 3.09. The van der Waals surface area contributed by atoms with E-state index >= 15 is 0 Å². The van der Waals surface area contributed by atoms with E-state index in [9.17, 15) is 14.4 Å². The van der Waals surface area contributed by atoms with Crippen molar-refractivity contribution in [3.05, 3.63) is 57.3 Å². The van der Waals surface area contributed by atoms with Crippen LogP contribution in [0.1, 0.15) is 5.56 Å². The molecule has 0 saturated heterocycles. The minimum Gasteiger partial charge on any atom is -0.315 e. The van der Waals surface area contributed by atoms with Gasteiger partial charge in [0.15, 0.2) is 11.2 Å². The lowest BCUT2D eigenvalue weighted by molar-refractivity contribution is -0.121. The number of amides is 1. The van der Waals surface area contributed by atoms with E-state index in [2.05, 4.69) is 20.5 Å². The molecule has 0 atom stereocenters. The van der Waals surface area contributed by atoms with E-state index in [1.807, 2.05) is 0 Å². The molecule has 0 unspecified atom stereocenters. The second-order valence-corrected chi connectivity index (χ2v) is 5.32. The summed E-state index contributed by atoms with van der Waals surface area (Å²) in [6.07, 6.45) is 6.05. The Morgan fingerprint density at radius 2 is 1.96 bits per heavy atom. The molecule has 0 radical (unpaired) electrons. The van der Waals surface area contributed by atoms with Crippen LogP contribution in [-0.2, 0) is 25.4 Å². The summed E-state index contributed by atoms with van der Waals surface area (Å²) in [4.78, 5) is 44.1. The van der Waals surface area contributed by atoms with Crippen molar-refractivity contribution >= 4 is 23.3 Å². The van der Waals surface area contributed by atoms with E-state index in [4.69, 9.17) is 0 Å². The summed E-state index contributed by atoms with van der Waals surface area (Å²) in [5, 5.41) is 3.85. The SMILES string of the molecule is Cn1c(=O)c2c(ncn2CC(=O)N/N=C\c2ccncc2)n(C)c1=O. The predicted molar refractivity (Wildman–Crippen MR) is 90.2 cm³/mol. The van der Waals surface area contributed by atoms with Crippen molar-refractivity contribution in [2.45, 2.75) is 6.54 Å². The number of carbonyl (C=O) groups is 1. The number of fused-ring (bicyclic) bond motifs is 1. The van der Waals surface area contributed by atoms with Gasteiger partial charge in [0.2, 0.25) is 0 Å². The number of nitrogens with zero attached hydrogens (tertiary/aromatic N) is 6. The van der Waals surface area contributed by atoms with Crippen LogP contribution in [0.5, 0.6) is 0 Å². The van der Waals surface area contributed by atoms with E-state index in [0.717, 1.165) is 10.1 Å². The first-order valence-electron chi connectivity index (χ1n) is 7.32. The number of hydrazone groups is 1. The highest BCUT2D eigenvalue weighted by Gasteiger charge is 2.15. The van der Waals surface area contributed by atoms with E-state index in [0.29, 0.717) is 0 Å². The molecule has 0 bridgehead atoms. The molecule has 10 heteroatoms. The van der Waals surface area contributed by atoms with Crippen LogP contribution in [0.15, 0.2) is 45.5 Å². The molecule has 0 aromatic carbocycles. The van der Waals surface area contributed by atoms with Crippen molar-refractivity contribution < 1.29 is 4.79 Å². The summed E-state index contributed by atoms with van der Waals surface area (Å²) in [7, 11) is 2.89. The Bertz CT molecular complexity index is 1080. The molecule has 0 aliphatic carbocycles. The summed E-state index contributed by atoms with van der Waals surface area (Å²) in [6.45, 7) is -0.155. The standard InChI is InChI=1S/C15H15N7O3/c1-20-13-12(14(24)21(2)15(20)25)22(9-17-13)8-11(23)19-18-7-10-3-5-16-6-4-10/h3-7,9H,8H2,1-2H3,(H,19,23)/b18-7-. The second-order valence-electron chi connectivity index (χ2n) is 5.32. The molecular formula is C15H15N7O3. The van der Waals surface area contributed by atoms with Gasteiger partial charge in [0.05, 0.1) is 12.5 Å². The first kappa shape index (κ1) is 16.3. The van der Waals surface area contributed by atoms with Gasteiger partial charge in [-0.05, 0) is 17.7 Å². The quantitative estimate of drug-likeness (QED) is 0.481. The lowest BCUT2D eigenvalue weighted by Gasteiger charge is -2.05. The van der Waals surface area contributed by atoms with Crippen LogP contribution in [-0.4, -0.2) is 35.8 Å². The zero-order valence-electron chi connectivity index (χ0n) is 13.6. The van der Waals surface area contributed by atoms with Gasteiger partial charge in [0.1, 0.15) is 6.54 Å². The van der Waals surface area contributed by atoms with Crippen LogP contribution in [0.2, 0.25) is 0 Å². The number of aryl methyl sites for hydroxylation is 1. The van der Waals surface area contributed by atoms with Gasteiger partial charge in [-0.3, -0.25) is 23.7 Å². The zero-order valence-corrected chi connectivity index (χ0v) is 13.6. The van der Waals surface area contributed by atoms with Crippen LogP contribution in [0.4, 0.5) is 0 Å². The van der Waals surface area contributed by atoms with E-state index in [1.54, 1.807) is 24.5 Å². The monoisotopic (exact) mass is 341 g/mol. The van der Waals surface area contributed by atoms with Gasteiger partial charge in [0, 0.05) is 26.5 Å². The van der Waals surface area contributed by atoms with Crippen LogP contribution >= 0.6 is 0 Å². The van der Waals surface area contributed by atoms with Gasteiger partial charge in [-0.1, -0.05) is 0 Å². The molecule has 128 valence electrons. The molecule has 25 heavy (non-hydrogen) atoms. The van der Waals surface area contributed by atoms with Gasteiger partial charge in [-0.2, -0.15) is 5.10 Å². The van der Waals surface area contributed by atoms with Crippen molar-refractivity contribution in [2.24, 2.45) is 19.2 Å². The summed E-state index contributed by atoms with van der Waals surface area (Å²) in [5.41, 5.74) is 2.58. The molecule has 1 N–H and O–H groups in total. The van der Waals surface area contributed by atoms with Crippen molar-refractivity contribution in [1.82, 2.24) is 29.1 Å². The Labute approximate surface area is 141 Å². The fourth-order valence-electron chi connectivity index (χ4n) is 2.34. The Hall–Kier alpha value is -3.56. The molecular weight excluding hydrogens is 326 g/mol. The summed E-state index contributed by atoms with van der Waals surface area (Å²) < 4.78 is 3.61. The smallest absolute Gasteiger partial charge is 0.315 e. The highest BCUT2D eigenvalue weighted by molar-refractivity contribution is 5.82. The van der Waals surface area contributed by atoms with Crippen LogP contribution in [0.25, 0.3) is 11.2 Å². The Balaban J connectivity index is 1.82. The number of pyridine rings is 1. The van der Waals surface area contributed by atoms with Gasteiger partial charge in [-0.15, -0.1) is 0 Å². The van der Waals surface area contributed by atoms with E-state index < -0.39 is 17.2 Å². The third-order valence-corrected chi connectivity index (χ3v) is 3.64. The normalized spacial score (nSPS) is 11.3. The minimum absolute atomic E-state index is 0.155. The van der Waals surface area contributed by atoms with Crippen LogP contribution in [0, 0.1) is 0 Å². The highest BCUT2D eigenvalue weighted by atomic mass is 16.2. The third-order valence-electron chi connectivity index (χ3n) is 3.64. The minimum atomic E-state index is -0.510. The van der Waals surface area contributed by atoms with Gasteiger partial charge in [-0.25, -0.2) is 15.2 Å². The number of hydrogen-bond acceptors (Lipinski definition) is 6. The van der Waals surface area contributed by atoms with E-state index in [-0.39, 0.29) is 17.7 Å². The lowest BCUT2D eigenvalue weighted by atomic mass is 10.3. The summed E-state index contributed by atoms with van der Waals surface area (Å²) in [6, 6.07) is 3.48. The summed E-state index contributed by atoms with van der Waals surface area (Å²) >= 11 is 0. The molecule has 0 fully saturated rings. The molecule has 3 aromatic rings. The Kier molecular flexibility index (Phi) is 4.25. The molecule has 3 aromatic heterocycles. The van der Waals surface area contributed by atoms with Gasteiger partial charge >= 0.3 is 5.69 Å². The Morgan fingerprint density at radius 1 is 1.24 bits per heavy atom. The molecule has 3 rings (SSSR count). The van der Waals surface area contributed by atoms with Crippen molar-refractivity contribution in [3.8, 4) is 0 Å². The highest BCUT2D eigenvalue weighted by Crippen LogP contribution is 2.04. The average Bonchev–Trinajstić information content (AvgIpc) is 3.02. The maximum Gasteiger partial charge on any atom is 0.332 e. The van der Waals surface area contributed by atoms with E-state index in [1.165, 1.54) is 35.8 Å². The number of nitrogens with one attached hydrogen (secondary N) is 1. The largest absolute Gasteiger partial charge is 0.332 e. The number of aromatic nitrogens is 5. The molecule has 0 spiro atoms. The Morgan fingerprint density at radius 3 is 2.68 bits per heavy atom. The second kappa shape index (κ2) is 6.51. The first-order chi connectivity index (χ1) is 12.0. The number of hydrogen-bond donors (Lipinski definition) is 1. The molecule has 3 heterocycles. The van der Waals surface area contributed by atoms with Crippen molar-refractivity contribution in [1.29, 1.82) is 0 Å². The molecule has 0 aliphatic heterocycles. The average molecular weight is 341 g/mol. The first-order valence-corrected chi connectivity index (χ1v) is 7.32. The van der Waals surface area contributed by atoms with Crippen LogP contribution in [0.3, 0.4) is 0 Å². The molecule has 10 nitrogen and oxygen atoms in total. The lowest BCUT2D eigenvalue weighted by Crippen LogP contribution is -2.38. The van der Waals surface area contributed by atoms with Crippen LogP contribution < -0.4 is 16.7 Å². The molecule has 1 amide bonds. The fraction of sp³-hybridized carbons (Fsp3) is 0.200. The topological polar surface area (TPSA) is 116 Å². The fourth-order valence-corrected chi connectivity index (χ4v) is 2.34. The number of rotatable bonds is 4. The number of imidazole rings is 1. The van der Waals surface area contributed by atoms with Gasteiger partial charge < -0.3 is 4.57 Å².